The smallest absolute Gasteiger partial charge is 0.250 e. The number of rotatable bonds is 6. The van der Waals surface area contributed by atoms with Crippen molar-refractivity contribution < 1.29 is 8.42 Å². The van der Waals surface area contributed by atoms with Crippen molar-refractivity contribution in [2.75, 3.05) is 13.1 Å². The molecule has 0 radical (unpaired) electrons. The SMILES string of the molecule is Cl.NCCCCNS(=O)(=O)c1cccs1. The second-order valence-corrected chi connectivity index (χ2v) is 5.77. The zero-order valence-electron chi connectivity index (χ0n) is 8.18. The number of hydrogen-bond acceptors (Lipinski definition) is 4. The van der Waals surface area contributed by atoms with Crippen LogP contribution in [-0.4, -0.2) is 21.5 Å². The van der Waals surface area contributed by atoms with E-state index in [1.165, 1.54) is 11.3 Å². The molecule has 7 heteroatoms. The number of nitrogens with two attached hydrogens (primary N) is 1. The predicted molar refractivity (Wildman–Crippen MR) is 65.0 cm³/mol. The van der Waals surface area contributed by atoms with Gasteiger partial charge in [-0.05, 0) is 30.8 Å². The van der Waals surface area contributed by atoms with Gasteiger partial charge in [0.05, 0.1) is 0 Å². The van der Waals surface area contributed by atoms with E-state index in [1.54, 1.807) is 17.5 Å². The van der Waals surface area contributed by atoms with Gasteiger partial charge in [0.15, 0.2) is 0 Å². The summed E-state index contributed by atoms with van der Waals surface area (Å²) in [5.74, 6) is 0. The number of thiophene rings is 1. The lowest BCUT2D eigenvalue weighted by Crippen LogP contribution is -2.24. The van der Waals surface area contributed by atoms with E-state index < -0.39 is 10.0 Å². The molecule has 15 heavy (non-hydrogen) atoms. The highest BCUT2D eigenvalue weighted by atomic mass is 35.5. The number of halogens is 1. The topological polar surface area (TPSA) is 72.2 Å². The first kappa shape index (κ1) is 14.9. The maximum Gasteiger partial charge on any atom is 0.250 e. The van der Waals surface area contributed by atoms with Crippen molar-refractivity contribution in [3.8, 4) is 0 Å². The fourth-order valence-electron chi connectivity index (χ4n) is 0.963. The van der Waals surface area contributed by atoms with Crippen molar-refractivity contribution >= 4 is 33.8 Å². The van der Waals surface area contributed by atoms with Gasteiger partial charge in [-0.1, -0.05) is 6.07 Å². The first-order chi connectivity index (χ1) is 6.67. The van der Waals surface area contributed by atoms with Crippen molar-refractivity contribution in [3.63, 3.8) is 0 Å². The summed E-state index contributed by atoms with van der Waals surface area (Å²) in [6.07, 6.45) is 1.62. The van der Waals surface area contributed by atoms with Crippen LogP contribution in [-0.2, 0) is 10.0 Å². The van der Waals surface area contributed by atoms with Crippen molar-refractivity contribution in [2.24, 2.45) is 5.73 Å². The summed E-state index contributed by atoms with van der Waals surface area (Å²) >= 11 is 1.22. The fraction of sp³-hybridized carbons (Fsp3) is 0.500. The summed E-state index contributed by atoms with van der Waals surface area (Å²) < 4.78 is 25.9. The van der Waals surface area contributed by atoms with Crippen LogP contribution in [0.15, 0.2) is 21.7 Å². The minimum Gasteiger partial charge on any atom is -0.330 e. The van der Waals surface area contributed by atoms with Crippen LogP contribution < -0.4 is 10.5 Å². The number of sulfonamides is 1. The van der Waals surface area contributed by atoms with E-state index in [2.05, 4.69) is 4.72 Å². The van der Waals surface area contributed by atoms with Gasteiger partial charge in [0, 0.05) is 6.54 Å². The molecule has 0 aliphatic carbocycles. The Bertz CT molecular complexity index is 351. The molecule has 0 unspecified atom stereocenters. The summed E-state index contributed by atoms with van der Waals surface area (Å²) in [7, 11) is -3.27. The molecule has 0 aliphatic rings. The molecular weight excluding hydrogens is 256 g/mol. The van der Waals surface area contributed by atoms with E-state index in [-0.39, 0.29) is 12.4 Å². The molecule has 0 spiro atoms. The Morgan fingerprint density at radius 2 is 2.13 bits per heavy atom. The second kappa shape index (κ2) is 7.19. The lowest BCUT2D eigenvalue weighted by atomic mass is 10.3. The van der Waals surface area contributed by atoms with E-state index >= 15 is 0 Å². The summed E-state index contributed by atoms with van der Waals surface area (Å²) in [6, 6.07) is 3.31. The van der Waals surface area contributed by atoms with E-state index in [1.807, 2.05) is 0 Å². The van der Waals surface area contributed by atoms with E-state index in [9.17, 15) is 8.42 Å². The molecule has 0 saturated heterocycles. The van der Waals surface area contributed by atoms with Crippen molar-refractivity contribution in [2.45, 2.75) is 17.1 Å². The quantitative estimate of drug-likeness (QED) is 0.763. The molecule has 1 aromatic heterocycles. The Morgan fingerprint density at radius 1 is 1.40 bits per heavy atom. The number of unbranched alkanes of at least 4 members (excludes halogenated alkanes) is 1. The van der Waals surface area contributed by atoms with E-state index in [4.69, 9.17) is 5.73 Å². The molecule has 0 atom stereocenters. The lowest BCUT2D eigenvalue weighted by molar-refractivity contribution is 0.579. The molecule has 88 valence electrons. The van der Waals surface area contributed by atoms with E-state index in [0.717, 1.165) is 12.8 Å². The third-order valence-corrected chi connectivity index (χ3v) is 4.54. The van der Waals surface area contributed by atoms with Crippen LogP contribution in [0, 0.1) is 0 Å². The zero-order valence-corrected chi connectivity index (χ0v) is 10.6. The molecule has 0 amide bonds. The highest BCUT2D eigenvalue weighted by Crippen LogP contribution is 2.14. The van der Waals surface area contributed by atoms with Crippen LogP contribution in [0.4, 0.5) is 0 Å². The van der Waals surface area contributed by atoms with Gasteiger partial charge in [-0.15, -0.1) is 23.7 Å². The second-order valence-electron chi connectivity index (χ2n) is 2.83. The molecule has 3 N–H and O–H groups in total. The van der Waals surface area contributed by atoms with Crippen LogP contribution in [0.2, 0.25) is 0 Å². The zero-order chi connectivity index (χ0) is 10.4. The van der Waals surface area contributed by atoms with Gasteiger partial charge in [0.2, 0.25) is 10.0 Å². The molecule has 4 nitrogen and oxygen atoms in total. The van der Waals surface area contributed by atoms with Crippen LogP contribution in [0.1, 0.15) is 12.8 Å². The maximum atomic E-state index is 11.5. The fourth-order valence-corrected chi connectivity index (χ4v) is 3.07. The molecule has 0 saturated carbocycles. The Hall–Kier alpha value is -0.140. The molecule has 0 aliphatic heterocycles. The Balaban J connectivity index is 0.00000196. The van der Waals surface area contributed by atoms with Crippen LogP contribution in [0.25, 0.3) is 0 Å². The average molecular weight is 271 g/mol. The molecule has 1 heterocycles. The van der Waals surface area contributed by atoms with Crippen LogP contribution in [0.5, 0.6) is 0 Å². The Labute approximate surface area is 100 Å². The minimum atomic E-state index is -3.27. The van der Waals surface area contributed by atoms with Gasteiger partial charge >= 0.3 is 0 Å². The minimum absolute atomic E-state index is 0. The molecule has 1 rings (SSSR count). The predicted octanol–water partition coefficient (Wildman–Crippen LogP) is 1.19. The van der Waals surface area contributed by atoms with Crippen molar-refractivity contribution in [1.82, 2.24) is 4.72 Å². The molecule has 0 aromatic carbocycles. The van der Waals surface area contributed by atoms with Crippen molar-refractivity contribution in [3.05, 3.63) is 17.5 Å². The van der Waals surface area contributed by atoms with Gasteiger partial charge < -0.3 is 5.73 Å². The molecule has 1 aromatic rings. The van der Waals surface area contributed by atoms with E-state index in [0.29, 0.717) is 17.3 Å². The maximum absolute atomic E-state index is 11.5. The first-order valence-electron chi connectivity index (χ1n) is 4.40. The van der Waals surface area contributed by atoms with Gasteiger partial charge in [-0.2, -0.15) is 0 Å². The average Bonchev–Trinajstić information content (AvgIpc) is 2.65. The lowest BCUT2D eigenvalue weighted by Gasteiger charge is -2.03. The first-order valence-corrected chi connectivity index (χ1v) is 6.76. The summed E-state index contributed by atoms with van der Waals surface area (Å²) in [4.78, 5) is 0. The van der Waals surface area contributed by atoms with Gasteiger partial charge in [-0.3, -0.25) is 0 Å². The van der Waals surface area contributed by atoms with Gasteiger partial charge in [0.25, 0.3) is 0 Å². The van der Waals surface area contributed by atoms with Crippen molar-refractivity contribution in [1.29, 1.82) is 0 Å². The third-order valence-electron chi connectivity index (χ3n) is 1.68. The highest BCUT2D eigenvalue weighted by Gasteiger charge is 2.13. The highest BCUT2D eigenvalue weighted by molar-refractivity contribution is 7.91. The Kier molecular flexibility index (Phi) is 7.12. The Morgan fingerprint density at radius 3 is 2.67 bits per heavy atom. The molecular formula is C8H15ClN2O2S2. The third kappa shape index (κ3) is 4.94. The molecule has 0 fully saturated rings. The monoisotopic (exact) mass is 270 g/mol. The normalized spacial score (nSPS) is 11.0. The summed E-state index contributed by atoms with van der Waals surface area (Å²) in [6.45, 7) is 1.05. The standard InChI is InChI=1S/C8H14N2O2S2.ClH/c9-5-1-2-6-10-14(11,12)8-4-3-7-13-8;/h3-4,7,10H,1-2,5-6,9H2;1H. The van der Waals surface area contributed by atoms with Crippen LogP contribution in [0.3, 0.4) is 0 Å². The molecule has 0 bridgehead atoms. The number of nitrogens with one attached hydrogen (secondary N) is 1. The number of hydrogen-bond donors (Lipinski definition) is 2. The summed E-state index contributed by atoms with van der Waals surface area (Å²) in [5.41, 5.74) is 5.30. The summed E-state index contributed by atoms with van der Waals surface area (Å²) in [5, 5.41) is 1.74. The van der Waals surface area contributed by atoms with Gasteiger partial charge in [0.1, 0.15) is 4.21 Å². The largest absolute Gasteiger partial charge is 0.330 e. The van der Waals surface area contributed by atoms with Crippen LogP contribution >= 0.6 is 23.7 Å². The van der Waals surface area contributed by atoms with Gasteiger partial charge in [-0.25, -0.2) is 13.1 Å².